The Morgan fingerprint density at radius 3 is 2.68 bits per heavy atom. The fourth-order valence-electron chi connectivity index (χ4n) is 4.87. The van der Waals surface area contributed by atoms with Crippen molar-refractivity contribution in [3.8, 4) is 5.75 Å². The molecular weight excluding hydrogens is 565 g/mol. The highest BCUT2D eigenvalue weighted by Gasteiger charge is 2.31. The first-order valence-electron chi connectivity index (χ1n) is 11.4. The summed E-state index contributed by atoms with van der Waals surface area (Å²) < 4.78 is 18.7. The minimum atomic E-state index is -0.323. The van der Waals surface area contributed by atoms with Crippen molar-refractivity contribution in [3.63, 3.8) is 0 Å². The van der Waals surface area contributed by atoms with Crippen molar-refractivity contribution < 1.29 is 19.0 Å². The van der Waals surface area contributed by atoms with E-state index in [0.29, 0.717) is 12.2 Å². The number of fused-ring (bicyclic) bond motifs is 1. The molecule has 1 aromatic heterocycles. The topological polar surface area (TPSA) is 65.8 Å². The zero-order valence-corrected chi connectivity index (χ0v) is 22.9. The van der Waals surface area contributed by atoms with E-state index in [1.54, 1.807) is 16.2 Å². The molecule has 0 N–H and O–H groups in total. The Hall–Kier alpha value is -1.82. The first-order chi connectivity index (χ1) is 16.5. The van der Waals surface area contributed by atoms with Crippen molar-refractivity contribution in [2.24, 2.45) is 0 Å². The van der Waals surface area contributed by atoms with Crippen molar-refractivity contribution >= 4 is 47.2 Å². The van der Waals surface area contributed by atoms with Gasteiger partial charge in [0.05, 0.1) is 37.6 Å². The van der Waals surface area contributed by atoms with Gasteiger partial charge in [-0.15, -0.1) is 0 Å². The molecule has 0 amide bonds. The van der Waals surface area contributed by atoms with Crippen LogP contribution in [0.3, 0.4) is 0 Å². The SMILES string of the molecule is CCO[C@H]1CCN(Cc2c(OC)cc(C)c3c2cnn3SI)[C@H](c2ccc(C(=O)OC)cc2)C1. The van der Waals surface area contributed by atoms with E-state index in [-0.39, 0.29) is 18.1 Å². The van der Waals surface area contributed by atoms with Gasteiger partial charge in [0.1, 0.15) is 5.75 Å². The first-order valence-corrected chi connectivity index (χ1v) is 14.7. The van der Waals surface area contributed by atoms with Crippen LogP contribution in [0.4, 0.5) is 0 Å². The summed E-state index contributed by atoms with van der Waals surface area (Å²) in [6.07, 6.45) is 4.03. The molecule has 2 atom stereocenters. The number of piperidine rings is 1. The van der Waals surface area contributed by atoms with Gasteiger partial charge in [-0.3, -0.25) is 4.90 Å². The van der Waals surface area contributed by atoms with Gasteiger partial charge in [0.15, 0.2) is 0 Å². The summed E-state index contributed by atoms with van der Waals surface area (Å²) in [4.78, 5) is 14.4. The van der Waals surface area contributed by atoms with Crippen molar-refractivity contribution in [2.75, 3.05) is 27.4 Å². The minimum absolute atomic E-state index is 0.159. The normalized spacial score (nSPS) is 18.9. The van der Waals surface area contributed by atoms with Gasteiger partial charge >= 0.3 is 5.97 Å². The molecule has 0 radical (unpaired) electrons. The number of hydrogen-bond acceptors (Lipinski definition) is 7. The predicted octanol–water partition coefficient (Wildman–Crippen LogP) is 5.73. The van der Waals surface area contributed by atoms with E-state index >= 15 is 0 Å². The number of rotatable bonds is 8. The highest BCUT2D eigenvalue weighted by molar-refractivity contribution is 14.2. The van der Waals surface area contributed by atoms with Crippen LogP contribution in [-0.4, -0.2) is 53.5 Å². The van der Waals surface area contributed by atoms with Crippen LogP contribution >= 0.6 is 30.3 Å². The molecule has 2 heterocycles. The third-order valence-corrected chi connectivity index (χ3v) is 8.04. The minimum Gasteiger partial charge on any atom is -0.496 e. The highest BCUT2D eigenvalue weighted by atomic mass is 127. The summed E-state index contributed by atoms with van der Waals surface area (Å²) in [5.74, 6) is 0.561. The molecule has 0 saturated carbocycles. The quantitative estimate of drug-likeness (QED) is 0.244. The van der Waals surface area contributed by atoms with E-state index in [1.165, 1.54) is 7.11 Å². The molecule has 0 unspecified atom stereocenters. The van der Waals surface area contributed by atoms with Crippen LogP contribution in [0.2, 0.25) is 0 Å². The molecule has 182 valence electrons. The molecular formula is C25H30IN3O4S. The second-order valence-electron chi connectivity index (χ2n) is 8.42. The number of esters is 1. The molecule has 34 heavy (non-hydrogen) atoms. The molecule has 3 aromatic rings. The Morgan fingerprint density at radius 2 is 2.03 bits per heavy atom. The maximum Gasteiger partial charge on any atom is 0.337 e. The average Bonchev–Trinajstić information content (AvgIpc) is 3.31. The summed E-state index contributed by atoms with van der Waals surface area (Å²) in [6.45, 7) is 6.49. The fraction of sp³-hybridized carbons (Fsp3) is 0.440. The molecule has 9 heteroatoms. The lowest BCUT2D eigenvalue weighted by atomic mass is 9.91. The molecule has 4 rings (SSSR count). The highest BCUT2D eigenvalue weighted by Crippen LogP contribution is 2.39. The Kier molecular flexibility index (Phi) is 8.39. The maximum atomic E-state index is 11.9. The van der Waals surface area contributed by atoms with Crippen molar-refractivity contribution in [1.29, 1.82) is 0 Å². The Balaban J connectivity index is 1.71. The summed E-state index contributed by atoms with van der Waals surface area (Å²) in [5, 5.41) is 5.70. The van der Waals surface area contributed by atoms with E-state index in [1.807, 2.05) is 41.5 Å². The van der Waals surface area contributed by atoms with Crippen LogP contribution in [-0.2, 0) is 16.0 Å². The largest absolute Gasteiger partial charge is 0.496 e. The number of benzene rings is 2. The van der Waals surface area contributed by atoms with Crippen LogP contribution in [0, 0.1) is 6.92 Å². The Bertz CT molecular complexity index is 1150. The zero-order valence-electron chi connectivity index (χ0n) is 19.9. The van der Waals surface area contributed by atoms with Crippen molar-refractivity contribution in [1.82, 2.24) is 14.1 Å². The smallest absolute Gasteiger partial charge is 0.337 e. The molecule has 1 fully saturated rings. The summed E-state index contributed by atoms with van der Waals surface area (Å²) in [6, 6.07) is 10.0. The molecule has 7 nitrogen and oxygen atoms in total. The van der Waals surface area contributed by atoms with Crippen LogP contribution in [0.15, 0.2) is 36.5 Å². The van der Waals surface area contributed by atoms with Gasteiger partial charge in [0.2, 0.25) is 0 Å². The van der Waals surface area contributed by atoms with Crippen molar-refractivity contribution in [2.45, 2.75) is 45.4 Å². The number of carbonyl (C=O) groups excluding carboxylic acids is 1. The second kappa shape index (κ2) is 11.3. The van der Waals surface area contributed by atoms with Crippen LogP contribution in [0.5, 0.6) is 5.75 Å². The van der Waals surface area contributed by atoms with Gasteiger partial charge in [-0.05, 0) is 56.0 Å². The van der Waals surface area contributed by atoms with E-state index in [0.717, 1.165) is 59.3 Å². The van der Waals surface area contributed by atoms with Crippen LogP contribution < -0.4 is 4.74 Å². The lowest BCUT2D eigenvalue weighted by molar-refractivity contribution is -0.0138. The number of aromatic nitrogens is 2. The summed E-state index contributed by atoms with van der Waals surface area (Å²) in [7, 11) is 4.69. The molecule has 1 aliphatic heterocycles. The third-order valence-electron chi connectivity index (χ3n) is 6.51. The fourth-order valence-corrected chi connectivity index (χ4v) is 6.16. The third kappa shape index (κ3) is 5.07. The standard InChI is InChI=1S/C25H30IN3O4S/c1-5-33-19-10-11-28(22(13-19)17-6-8-18(9-7-17)25(30)32-4)15-21-20-14-27-29(34-26)24(20)16(2)12-23(21)31-3/h6-9,12,14,19,22H,5,10-11,13,15H2,1-4H3/t19-,22-/m0/s1. The van der Waals surface area contributed by atoms with Gasteiger partial charge in [0, 0.05) is 67.0 Å². The number of methoxy groups -OCH3 is 2. The molecule has 1 saturated heterocycles. The number of aryl methyl sites for hydroxylation is 1. The van der Waals surface area contributed by atoms with E-state index < -0.39 is 0 Å². The number of ether oxygens (including phenoxy) is 3. The second-order valence-corrected chi connectivity index (χ2v) is 10.1. The van der Waals surface area contributed by atoms with E-state index in [9.17, 15) is 4.79 Å². The number of nitrogens with zero attached hydrogens (tertiary/aromatic N) is 3. The maximum absolute atomic E-state index is 11.9. The molecule has 2 aromatic carbocycles. The Morgan fingerprint density at radius 1 is 1.26 bits per heavy atom. The lowest BCUT2D eigenvalue weighted by Gasteiger charge is -2.40. The monoisotopic (exact) mass is 595 g/mol. The van der Waals surface area contributed by atoms with Gasteiger partial charge in [0.25, 0.3) is 0 Å². The zero-order chi connectivity index (χ0) is 24.2. The average molecular weight is 596 g/mol. The van der Waals surface area contributed by atoms with Gasteiger partial charge < -0.3 is 14.2 Å². The number of carbonyl (C=O) groups is 1. The number of halogens is 1. The molecule has 0 aliphatic carbocycles. The number of hydrogen-bond donors (Lipinski definition) is 0. The van der Waals surface area contributed by atoms with Crippen LogP contribution in [0.25, 0.3) is 10.9 Å². The number of likely N-dealkylation sites (tertiary alicyclic amines) is 1. The molecule has 0 spiro atoms. The molecule has 0 bridgehead atoms. The van der Waals surface area contributed by atoms with Crippen LogP contribution in [0.1, 0.15) is 52.9 Å². The lowest BCUT2D eigenvalue weighted by Crippen LogP contribution is -2.39. The van der Waals surface area contributed by atoms with Gasteiger partial charge in [-0.2, -0.15) is 9.19 Å². The predicted molar refractivity (Wildman–Crippen MR) is 144 cm³/mol. The van der Waals surface area contributed by atoms with E-state index in [4.69, 9.17) is 14.2 Å². The molecule has 1 aliphatic rings. The van der Waals surface area contributed by atoms with Crippen molar-refractivity contribution in [3.05, 3.63) is 58.8 Å². The Labute approximate surface area is 216 Å². The van der Waals surface area contributed by atoms with E-state index in [2.05, 4.69) is 44.2 Å². The van der Waals surface area contributed by atoms with Gasteiger partial charge in [-0.1, -0.05) is 12.1 Å². The summed E-state index contributed by atoms with van der Waals surface area (Å²) >= 11 is 2.26. The van der Waals surface area contributed by atoms with Gasteiger partial charge in [-0.25, -0.2) is 4.79 Å². The summed E-state index contributed by atoms with van der Waals surface area (Å²) in [5.41, 5.74) is 5.13. The first kappa shape index (κ1) is 25.3.